The number of carbonyl (C=O) groups is 1. The first-order valence-corrected chi connectivity index (χ1v) is 8.16. The number of benzene rings is 1. The van der Waals surface area contributed by atoms with E-state index in [0.717, 1.165) is 11.4 Å². The van der Waals surface area contributed by atoms with Crippen LogP contribution in [0, 0.1) is 13.8 Å². The van der Waals surface area contributed by atoms with Gasteiger partial charge in [0.25, 0.3) is 11.7 Å². The summed E-state index contributed by atoms with van der Waals surface area (Å²) in [6.45, 7) is 4.51. The van der Waals surface area contributed by atoms with E-state index in [-0.39, 0.29) is 11.7 Å². The molecule has 0 saturated carbocycles. The Morgan fingerprint density at radius 3 is 2.84 bits per heavy atom. The van der Waals surface area contributed by atoms with Crippen LogP contribution in [0.3, 0.4) is 0 Å². The lowest BCUT2D eigenvalue weighted by atomic mass is 10.3. The Bertz CT molecular complexity index is 925. The monoisotopic (exact) mass is 359 g/mol. The molecule has 2 aromatic heterocycles. The number of halogens is 1. The first-order valence-electron chi connectivity index (χ1n) is 7.79. The molecule has 0 fully saturated rings. The van der Waals surface area contributed by atoms with Crippen LogP contribution < -0.4 is 4.74 Å². The standard InChI is InChI=1S/C17H18ClN5O2/c1-11-9-12(2)23-17(19-11)20-15(21-23)16(24)22(3)7-8-25-14-6-4-5-13(18)10-14/h4-6,9-10H,7-8H2,1-3H3. The molecule has 2 heterocycles. The van der Waals surface area contributed by atoms with Crippen molar-refractivity contribution in [1.82, 2.24) is 24.5 Å². The maximum Gasteiger partial charge on any atom is 0.293 e. The summed E-state index contributed by atoms with van der Waals surface area (Å²) in [5.41, 5.74) is 1.71. The Kier molecular flexibility index (Phi) is 4.85. The molecule has 0 aliphatic heterocycles. The van der Waals surface area contributed by atoms with Crippen LogP contribution in [0.2, 0.25) is 5.02 Å². The van der Waals surface area contributed by atoms with Gasteiger partial charge in [0.15, 0.2) is 0 Å². The second-order valence-corrected chi connectivity index (χ2v) is 6.16. The molecule has 1 amide bonds. The molecule has 8 heteroatoms. The van der Waals surface area contributed by atoms with E-state index in [2.05, 4.69) is 15.1 Å². The highest BCUT2D eigenvalue weighted by Crippen LogP contribution is 2.17. The average Bonchev–Trinajstić information content (AvgIpc) is 2.98. The van der Waals surface area contributed by atoms with E-state index in [9.17, 15) is 4.79 Å². The van der Waals surface area contributed by atoms with Gasteiger partial charge in [-0.3, -0.25) is 4.79 Å². The van der Waals surface area contributed by atoms with Gasteiger partial charge in [-0.05, 0) is 38.1 Å². The second kappa shape index (κ2) is 7.06. The van der Waals surface area contributed by atoms with E-state index in [0.29, 0.717) is 29.7 Å². The number of nitrogens with zero attached hydrogens (tertiary/aromatic N) is 5. The van der Waals surface area contributed by atoms with Gasteiger partial charge >= 0.3 is 0 Å². The number of aromatic nitrogens is 4. The maximum atomic E-state index is 12.5. The lowest BCUT2D eigenvalue weighted by Crippen LogP contribution is -2.31. The molecule has 0 unspecified atom stereocenters. The fraction of sp³-hybridized carbons (Fsp3) is 0.294. The summed E-state index contributed by atoms with van der Waals surface area (Å²) in [5, 5.41) is 4.85. The summed E-state index contributed by atoms with van der Waals surface area (Å²) in [4.78, 5) is 22.5. The predicted octanol–water partition coefficient (Wildman–Crippen LogP) is 2.55. The number of likely N-dealkylation sites (N-methyl/N-ethyl adjacent to an activating group) is 1. The highest BCUT2D eigenvalue weighted by molar-refractivity contribution is 6.30. The number of rotatable bonds is 5. The highest BCUT2D eigenvalue weighted by atomic mass is 35.5. The molecule has 0 bridgehead atoms. The van der Waals surface area contributed by atoms with Gasteiger partial charge in [0, 0.05) is 23.5 Å². The van der Waals surface area contributed by atoms with Gasteiger partial charge in [0.2, 0.25) is 5.82 Å². The van der Waals surface area contributed by atoms with Crippen molar-refractivity contribution >= 4 is 23.3 Å². The SMILES string of the molecule is Cc1cc(C)n2nc(C(=O)N(C)CCOc3cccc(Cl)c3)nc2n1. The minimum Gasteiger partial charge on any atom is -0.492 e. The molecule has 0 aliphatic rings. The molecule has 0 spiro atoms. The molecule has 25 heavy (non-hydrogen) atoms. The van der Waals surface area contributed by atoms with Crippen LogP contribution in [0.1, 0.15) is 22.0 Å². The number of carbonyl (C=O) groups excluding carboxylic acids is 1. The zero-order chi connectivity index (χ0) is 18.0. The molecule has 3 rings (SSSR count). The molecule has 0 aliphatic carbocycles. The van der Waals surface area contributed by atoms with E-state index in [1.165, 1.54) is 4.90 Å². The van der Waals surface area contributed by atoms with Crippen molar-refractivity contribution in [3.63, 3.8) is 0 Å². The number of aryl methyl sites for hydroxylation is 2. The van der Waals surface area contributed by atoms with Gasteiger partial charge in [-0.25, -0.2) is 9.50 Å². The minimum atomic E-state index is -0.280. The summed E-state index contributed by atoms with van der Waals surface area (Å²) in [5.74, 6) is 0.919. The summed E-state index contributed by atoms with van der Waals surface area (Å²) in [6, 6.07) is 9.01. The van der Waals surface area contributed by atoms with Gasteiger partial charge < -0.3 is 9.64 Å². The van der Waals surface area contributed by atoms with Crippen molar-refractivity contribution in [2.24, 2.45) is 0 Å². The van der Waals surface area contributed by atoms with Crippen LogP contribution in [-0.4, -0.2) is 50.6 Å². The Morgan fingerprint density at radius 1 is 1.28 bits per heavy atom. The van der Waals surface area contributed by atoms with Crippen molar-refractivity contribution in [3.05, 3.63) is 52.6 Å². The molecule has 130 valence electrons. The van der Waals surface area contributed by atoms with Crippen LogP contribution in [0.4, 0.5) is 0 Å². The third-order valence-electron chi connectivity index (χ3n) is 3.65. The normalized spacial score (nSPS) is 10.9. The fourth-order valence-electron chi connectivity index (χ4n) is 2.39. The van der Waals surface area contributed by atoms with Crippen LogP contribution in [0.15, 0.2) is 30.3 Å². The number of hydrogen-bond donors (Lipinski definition) is 0. The Labute approximate surface area is 150 Å². The molecule has 0 radical (unpaired) electrons. The lowest BCUT2D eigenvalue weighted by Gasteiger charge is -2.15. The summed E-state index contributed by atoms with van der Waals surface area (Å²) in [6.07, 6.45) is 0. The first kappa shape index (κ1) is 17.2. The molecular weight excluding hydrogens is 342 g/mol. The van der Waals surface area contributed by atoms with E-state index >= 15 is 0 Å². The Morgan fingerprint density at radius 2 is 2.08 bits per heavy atom. The zero-order valence-electron chi connectivity index (χ0n) is 14.2. The van der Waals surface area contributed by atoms with E-state index < -0.39 is 0 Å². The fourth-order valence-corrected chi connectivity index (χ4v) is 2.57. The van der Waals surface area contributed by atoms with Crippen LogP contribution in [0.5, 0.6) is 5.75 Å². The van der Waals surface area contributed by atoms with Crippen molar-refractivity contribution < 1.29 is 9.53 Å². The topological polar surface area (TPSA) is 72.6 Å². The van der Waals surface area contributed by atoms with Gasteiger partial charge in [0.05, 0.1) is 6.54 Å². The molecule has 1 aromatic carbocycles. The van der Waals surface area contributed by atoms with Gasteiger partial charge in [-0.2, -0.15) is 4.98 Å². The average molecular weight is 360 g/mol. The lowest BCUT2D eigenvalue weighted by molar-refractivity contribution is 0.0762. The van der Waals surface area contributed by atoms with Gasteiger partial charge in [-0.1, -0.05) is 17.7 Å². The quantitative estimate of drug-likeness (QED) is 0.700. The van der Waals surface area contributed by atoms with Crippen molar-refractivity contribution in [3.8, 4) is 5.75 Å². The smallest absolute Gasteiger partial charge is 0.293 e. The zero-order valence-corrected chi connectivity index (χ0v) is 15.0. The highest BCUT2D eigenvalue weighted by Gasteiger charge is 2.18. The number of ether oxygens (including phenoxy) is 1. The maximum absolute atomic E-state index is 12.5. The van der Waals surface area contributed by atoms with Gasteiger partial charge in [0.1, 0.15) is 12.4 Å². The van der Waals surface area contributed by atoms with Crippen molar-refractivity contribution in [2.45, 2.75) is 13.8 Å². The molecule has 0 N–H and O–H groups in total. The Hall–Kier alpha value is -2.67. The third kappa shape index (κ3) is 3.88. The Balaban J connectivity index is 1.65. The molecule has 7 nitrogen and oxygen atoms in total. The summed E-state index contributed by atoms with van der Waals surface area (Å²) >= 11 is 5.91. The van der Waals surface area contributed by atoms with Crippen molar-refractivity contribution in [2.75, 3.05) is 20.2 Å². The van der Waals surface area contributed by atoms with Crippen LogP contribution >= 0.6 is 11.6 Å². The number of amides is 1. The van der Waals surface area contributed by atoms with Gasteiger partial charge in [-0.15, -0.1) is 5.10 Å². The number of fused-ring (bicyclic) bond motifs is 1. The minimum absolute atomic E-state index is 0.117. The largest absolute Gasteiger partial charge is 0.492 e. The summed E-state index contributed by atoms with van der Waals surface area (Å²) < 4.78 is 7.17. The van der Waals surface area contributed by atoms with E-state index in [4.69, 9.17) is 16.3 Å². The van der Waals surface area contributed by atoms with Crippen molar-refractivity contribution in [1.29, 1.82) is 0 Å². The molecule has 0 saturated heterocycles. The second-order valence-electron chi connectivity index (χ2n) is 5.72. The van der Waals surface area contributed by atoms with Crippen LogP contribution in [0.25, 0.3) is 5.78 Å². The third-order valence-corrected chi connectivity index (χ3v) is 3.88. The number of hydrogen-bond acceptors (Lipinski definition) is 5. The molecular formula is C17H18ClN5O2. The molecule has 3 aromatic rings. The van der Waals surface area contributed by atoms with E-state index in [1.807, 2.05) is 32.0 Å². The first-order chi connectivity index (χ1) is 11.9. The van der Waals surface area contributed by atoms with Crippen LogP contribution in [-0.2, 0) is 0 Å². The molecule has 0 atom stereocenters. The van der Waals surface area contributed by atoms with E-state index in [1.54, 1.807) is 23.7 Å². The predicted molar refractivity (Wildman–Crippen MR) is 94.2 cm³/mol. The summed E-state index contributed by atoms with van der Waals surface area (Å²) in [7, 11) is 1.68.